The van der Waals surface area contributed by atoms with Crippen LogP contribution < -0.4 is 9.47 Å². The predicted octanol–water partition coefficient (Wildman–Crippen LogP) is 9.10. The molecule has 58 heavy (non-hydrogen) atoms. The van der Waals surface area contributed by atoms with E-state index >= 15 is 0 Å². The molecule has 0 radical (unpaired) electrons. The number of hydrogen-bond acceptors (Lipinski definition) is 8. The highest BCUT2D eigenvalue weighted by molar-refractivity contribution is 5.96. The molecule has 0 saturated carbocycles. The molecule has 2 N–H and O–H groups in total. The molecule has 292 valence electrons. The lowest BCUT2D eigenvalue weighted by molar-refractivity contribution is 0.0687. The maximum atomic E-state index is 11.5. The summed E-state index contributed by atoms with van der Waals surface area (Å²) in [6, 6.07) is 34.7. The lowest BCUT2D eigenvalue weighted by atomic mass is 9.99. The number of carboxylic acids is 2. The van der Waals surface area contributed by atoms with Gasteiger partial charge < -0.3 is 19.7 Å². The van der Waals surface area contributed by atoms with Crippen molar-refractivity contribution in [3.8, 4) is 34.3 Å². The molecule has 0 bridgehead atoms. The maximum absolute atomic E-state index is 11.5. The summed E-state index contributed by atoms with van der Waals surface area (Å²) in [5.74, 6) is -1.87. The second kappa shape index (κ2) is 17.2. The zero-order valence-electron chi connectivity index (χ0n) is 32.6. The van der Waals surface area contributed by atoms with E-state index in [9.17, 15) is 19.8 Å². The SMILES string of the molecule is CCCOc1nc2c(C)ccnc2n1Cc1ccc(-c2ccccc2C(=O)O)cc1.COc1nc2c(C)ccnc2n1Cc1ccc(-c2ccccc2C(=O)O)cc1. The number of aromatic nitrogens is 6. The molecule has 0 unspecified atom stereocenters. The molecule has 0 aliphatic heterocycles. The molecule has 4 aromatic heterocycles. The number of rotatable bonds is 12. The number of carboxylic acid groups (broad SMARTS) is 2. The Morgan fingerprint density at radius 2 is 1.03 bits per heavy atom. The number of fused-ring (bicyclic) bond motifs is 2. The molecule has 0 aliphatic rings. The molecule has 12 nitrogen and oxygen atoms in total. The monoisotopic (exact) mass is 774 g/mol. The molecule has 0 aliphatic carbocycles. The number of carbonyl (C=O) groups is 2. The van der Waals surface area contributed by atoms with Crippen LogP contribution in [0.1, 0.15) is 56.3 Å². The minimum Gasteiger partial charge on any atom is -0.478 e. The fourth-order valence-electron chi connectivity index (χ4n) is 6.77. The molecule has 8 rings (SSSR count). The third kappa shape index (κ3) is 8.12. The first-order valence-electron chi connectivity index (χ1n) is 18.8. The lowest BCUT2D eigenvalue weighted by Gasteiger charge is -2.11. The van der Waals surface area contributed by atoms with E-state index in [-0.39, 0.29) is 5.56 Å². The Bertz CT molecular complexity index is 2740. The van der Waals surface area contributed by atoms with Gasteiger partial charge in [-0.3, -0.25) is 9.13 Å². The average Bonchev–Trinajstić information content (AvgIpc) is 3.79. The fraction of sp³-hybridized carbons (Fsp3) is 0.174. The highest BCUT2D eigenvalue weighted by Crippen LogP contribution is 2.29. The van der Waals surface area contributed by atoms with Crippen molar-refractivity contribution in [1.29, 1.82) is 0 Å². The van der Waals surface area contributed by atoms with E-state index in [0.717, 1.165) is 62.1 Å². The first-order chi connectivity index (χ1) is 28.2. The minimum atomic E-state index is -0.934. The van der Waals surface area contributed by atoms with Crippen molar-refractivity contribution >= 4 is 34.3 Å². The van der Waals surface area contributed by atoms with Gasteiger partial charge in [-0.2, -0.15) is 9.97 Å². The molecule has 0 amide bonds. The standard InChI is InChI=1S/C24H23N3O3.C22H19N3O3/c1-3-14-30-24-26-21-16(2)12-13-25-22(21)27(24)15-17-8-10-18(11-9-17)19-6-4-5-7-20(19)23(28)29;1-14-11-12-23-20-19(14)24-22(28-2)25(20)13-15-7-9-16(10-8-15)17-5-3-4-6-18(17)21(26)27/h4-13H,3,14-15H2,1-2H3,(H,28,29);3-12H,13H2,1-2H3,(H,26,27). The van der Waals surface area contributed by atoms with Crippen molar-refractivity contribution in [1.82, 2.24) is 29.1 Å². The Labute approximate surface area is 335 Å². The van der Waals surface area contributed by atoms with Crippen LogP contribution in [-0.4, -0.2) is 64.9 Å². The van der Waals surface area contributed by atoms with Gasteiger partial charge in [0.1, 0.15) is 11.0 Å². The second-order valence-corrected chi connectivity index (χ2v) is 13.7. The van der Waals surface area contributed by atoms with Gasteiger partial charge in [0.05, 0.1) is 37.9 Å². The fourth-order valence-corrected chi connectivity index (χ4v) is 6.77. The Balaban J connectivity index is 0.000000177. The Morgan fingerprint density at radius 3 is 1.47 bits per heavy atom. The smallest absolute Gasteiger partial charge is 0.336 e. The number of nitrogens with zero attached hydrogens (tertiary/aromatic N) is 6. The Morgan fingerprint density at radius 1 is 0.603 bits per heavy atom. The first-order valence-corrected chi connectivity index (χ1v) is 18.8. The second-order valence-electron chi connectivity index (χ2n) is 13.7. The van der Waals surface area contributed by atoms with E-state index < -0.39 is 11.9 Å². The highest BCUT2D eigenvalue weighted by Gasteiger charge is 2.17. The number of aromatic carboxylic acids is 2. The van der Waals surface area contributed by atoms with E-state index in [0.29, 0.717) is 48.4 Å². The molecule has 12 heteroatoms. The van der Waals surface area contributed by atoms with Crippen LogP contribution in [0.15, 0.2) is 122 Å². The molecule has 8 aromatic rings. The highest BCUT2D eigenvalue weighted by atomic mass is 16.5. The van der Waals surface area contributed by atoms with Crippen molar-refractivity contribution in [2.24, 2.45) is 0 Å². The van der Waals surface area contributed by atoms with Crippen molar-refractivity contribution in [2.75, 3.05) is 13.7 Å². The normalized spacial score (nSPS) is 11.0. The van der Waals surface area contributed by atoms with Crippen LogP contribution in [0.2, 0.25) is 0 Å². The van der Waals surface area contributed by atoms with Crippen LogP contribution in [0.25, 0.3) is 44.6 Å². The zero-order chi connectivity index (χ0) is 40.8. The van der Waals surface area contributed by atoms with Crippen LogP contribution in [0.5, 0.6) is 12.0 Å². The van der Waals surface area contributed by atoms with E-state index in [2.05, 4.69) is 26.9 Å². The van der Waals surface area contributed by atoms with Gasteiger partial charge in [0.15, 0.2) is 11.3 Å². The first kappa shape index (κ1) is 38.9. The van der Waals surface area contributed by atoms with Crippen LogP contribution in [0.4, 0.5) is 0 Å². The van der Waals surface area contributed by atoms with E-state index in [4.69, 9.17) is 9.47 Å². The predicted molar refractivity (Wildman–Crippen MR) is 223 cm³/mol. The summed E-state index contributed by atoms with van der Waals surface area (Å²) < 4.78 is 15.2. The van der Waals surface area contributed by atoms with Crippen molar-refractivity contribution in [3.63, 3.8) is 0 Å². The Kier molecular flexibility index (Phi) is 11.5. The summed E-state index contributed by atoms with van der Waals surface area (Å²) in [6.45, 7) is 7.77. The third-order valence-corrected chi connectivity index (χ3v) is 9.75. The lowest BCUT2D eigenvalue weighted by Crippen LogP contribution is -2.06. The van der Waals surface area contributed by atoms with E-state index in [1.807, 2.05) is 108 Å². The third-order valence-electron chi connectivity index (χ3n) is 9.75. The number of pyridine rings is 2. The zero-order valence-corrected chi connectivity index (χ0v) is 32.6. The van der Waals surface area contributed by atoms with Crippen molar-refractivity contribution in [3.05, 3.63) is 155 Å². The van der Waals surface area contributed by atoms with Crippen LogP contribution >= 0.6 is 0 Å². The number of methoxy groups -OCH3 is 1. The maximum Gasteiger partial charge on any atom is 0.336 e. The van der Waals surface area contributed by atoms with Gasteiger partial charge in [-0.1, -0.05) is 91.9 Å². The number of aryl methyl sites for hydroxylation is 2. The summed E-state index contributed by atoms with van der Waals surface area (Å²) in [6.07, 6.45) is 4.44. The van der Waals surface area contributed by atoms with Gasteiger partial charge in [-0.05, 0) is 89.0 Å². The van der Waals surface area contributed by atoms with Gasteiger partial charge in [0.2, 0.25) is 0 Å². The summed E-state index contributed by atoms with van der Waals surface area (Å²) in [5, 5.41) is 18.8. The van der Waals surface area contributed by atoms with Crippen molar-refractivity contribution < 1.29 is 29.3 Å². The molecule has 0 fully saturated rings. The summed E-state index contributed by atoms with van der Waals surface area (Å²) in [7, 11) is 1.60. The van der Waals surface area contributed by atoms with Crippen molar-refractivity contribution in [2.45, 2.75) is 40.3 Å². The van der Waals surface area contributed by atoms with E-state index in [1.165, 1.54) is 0 Å². The number of hydrogen-bond donors (Lipinski definition) is 2. The molecule has 0 spiro atoms. The van der Waals surface area contributed by atoms with E-state index in [1.54, 1.807) is 43.8 Å². The summed E-state index contributed by atoms with van der Waals surface area (Å²) in [4.78, 5) is 41.2. The van der Waals surface area contributed by atoms with Crippen LogP contribution in [0.3, 0.4) is 0 Å². The minimum absolute atomic E-state index is 0.289. The van der Waals surface area contributed by atoms with Crippen LogP contribution in [0, 0.1) is 13.8 Å². The largest absolute Gasteiger partial charge is 0.478 e. The molecular weight excluding hydrogens is 733 g/mol. The van der Waals surface area contributed by atoms with Gasteiger partial charge in [-0.15, -0.1) is 0 Å². The van der Waals surface area contributed by atoms with Crippen LogP contribution in [-0.2, 0) is 13.1 Å². The van der Waals surface area contributed by atoms with Gasteiger partial charge in [0.25, 0.3) is 12.0 Å². The number of benzene rings is 4. The Hall–Kier alpha value is -7.34. The molecular formula is C46H42N6O6. The quantitative estimate of drug-likeness (QED) is 0.123. The van der Waals surface area contributed by atoms with Gasteiger partial charge in [0, 0.05) is 12.4 Å². The topological polar surface area (TPSA) is 154 Å². The van der Waals surface area contributed by atoms with Gasteiger partial charge in [-0.25, -0.2) is 19.6 Å². The molecule has 0 atom stereocenters. The average molecular weight is 775 g/mol. The number of ether oxygens (including phenoxy) is 2. The van der Waals surface area contributed by atoms with Gasteiger partial charge >= 0.3 is 11.9 Å². The molecule has 4 aromatic carbocycles. The molecule has 4 heterocycles. The number of imidazole rings is 2. The summed E-state index contributed by atoms with van der Waals surface area (Å²) >= 11 is 0. The summed E-state index contributed by atoms with van der Waals surface area (Å²) in [5.41, 5.74) is 11.1. The molecule has 0 saturated heterocycles.